The van der Waals surface area contributed by atoms with Crippen LogP contribution in [0.15, 0.2) is 30.3 Å². The molecule has 0 spiro atoms. The van der Waals surface area contributed by atoms with Gasteiger partial charge in [0.2, 0.25) is 5.91 Å². The molecule has 2 aromatic carbocycles. The number of halogens is 1. The number of phenolic OH excluding ortho intramolecular Hbond substituents is 1. The van der Waals surface area contributed by atoms with Crippen LogP contribution in [0.1, 0.15) is 29.5 Å². The molecule has 4 rings (SSSR count). The molecule has 0 saturated carbocycles. The normalized spacial score (nSPS) is 17.5. The quantitative estimate of drug-likeness (QED) is 0.816. The number of hydrogen-bond donors (Lipinski definition) is 1. The highest BCUT2D eigenvalue weighted by Gasteiger charge is 2.41. The molecule has 1 N–H and O–H groups in total. The van der Waals surface area contributed by atoms with Gasteiger partial charge in [0, 0.05) is 28.8 Å². The maximum atomic E-state index is 13.2. The van der Waals surface area contributed by atoms with Gasteiger partial charge >= 0.3 is 5.97 Å². The maximum Gasteiger partial charge on any atom is 0.326 e. The monoisotopic (exact) mass is 387 g/mol. The third-order valence-corrected chi connectivity index (χ3v) is 5.08. The van der Waals surface area contributed by atoms with E-state index in [1.165, 1.54) is 4.90 Å². The first-order valence-corrected chi connectivity index (χ1v) is 9.12. The van der Waals surface area contributed by atoms with Crippen LogP contribution in [-0.4, -0.2) is 36.7 Å². The molecule has 6 nitrogen and oxygen atoms in total. The first-order chi connectivity index (χ1) is 13.0. The van der Waals surface area contributed by atoms with E-state index in [-0.39, 0.29) is 24.8 Å². The van der Waals surface area contributed by atoms with E-state index in [4.69, 9.17) is 21.1 Å². The number of carbonyl (C=O) groups excluding carboxylic acids is 2. The van der Waals surface area contributed by atoms with Crippen LogP contribution in [0.2, 0.25) is 5.02 Å². The third kappa shape index (κ3) is 3.00. The number of carbonyl (C=O) groups is 2. The molecule has 27 heavy (non-hydrogen) atoms. The van der Waals surface area contributed by atoms with E-state index in [0.29, 0.717) is 34.2 Å². The Kier molecular flexibility index (Phi) is 4.44. The summed E-state index contributed by atoms with van der Waals surface area (Å²) in [7, 11) is 0. The van der Waals surface area contributed by atoms with Crippen molar-refractivity contribution in [2.24, 2.45) is 0 Å². The van der Waals surface area contributed by atoms with Gasteiger partial charge in [-0.1, -0.05) is 11.6 Å². The Morgan fingerprint density at radius 3 is 2.93 bits per heavy atom. The summed E-state index contributed by atoms with van der Waals surface area (Å²) in [4.78, 5) is 26.6. The standard InChI is InChI=1S/C20H18ClNO5/c1-2-26-18(24)10-22-15-4-3-12(21)8-13(15)19(20(22)25)14-7-11-5-6-27-17(11)9-16(14)23/h3-4,7-9,19,23H,2,5-6,10H2,1H3. The topological polar surface area (TPSA) is 76.1 Å². The van der Waals surface area contributed by atoms with Gasteiger partial charge in [-0.2, -0.15) is 0 Å². The third-order valence-electron chi connectivity index (χ3n) is 4.85. The number of esters is 1. The molecule has 0 aromatic heterocycles. The van der Waals surface area contributed by atoms with Gasteiger partial charge in [-0.05, 0) is 42.3 Å². The zero-order valence-electron chi connectivity index (χ0n) is 14.7. The van der Waals surface area contributed by atoms with Crippen LogP contribution in [0.4, 0.5) is 5.69 Å². The highest BCUT2D eigenvalue weighted by Crippen LogP contribution is 2.46. The Hall–Kier alpha value is -2.73. The Bertz CT molecular complexity index is 942. The lowest BCUT2D eigenvalue weighted by Gasteiger charge is -2.17. The van der Waals surface area contributed by atoms with Gasteiger partial charge < -0.3 is 19.5 Å². The molecule has 2 aliphatic heterocycles. The number of nitrogens with zero attached hydrogens (tertiary/aromatic N) is 1. The Morgan fingerprint density at radius 2 is 2.15 bits per heavy atom. The largest absolute Gasteiger partial charge is 0.507 e. The summed E-state index contributed by atoms with van der Waals surface area (Å²) in [5, 5.41) is 11.0. The average Bonchev–Trinajstić information content (AvgIpc) is 3.17. The summed E-state index contributed by atoms with van der Waals surface area (Å²) < 4.78 is 10.5. The van der Waals surface area contributed by atoms with Crippen molar-refractivity contribution < 1.29 is 24.2 Å². The van der Waals surface area contributed by atoms with Gasteiger partial charge in [-0.25, -0.2) is 0 Å². The molecule has 1 atom stereocenters. The number of amides is 1. The van der Waals surface area contributed by atoms with Gasteiger partial charge in [0.1, 0.15) is 18.0 Å². The number of ether oxygens (including phenoxy) is 2. The zero-order valence-corrected chi connectivity index (χ0v) is 15.5. The number of aromatic hydroxyl groups is 1. The Labute approximate surface area is 161 Å². The van der Waals surface area contributed by atoms with E-state index in [1.807, 2.05) is 0 Å². The fourth-order valence-corrected chi connectivity index (χ4v) is 3.85. The smallest absolute Gasteiger partial charge is 0.326 e. The van der Waals surface area contributed by atoms with Crippen LogP contribution in [0.25, 0.3) is 0 Å². The van der Waals surface area contributed by atoms with E-state index < -0.39 is 11.9 Å². The van der Waals surface area contributed by atoms with Crippen LogP contribution in [0, 0.1) is 0 Å². The summed E-state index contributed by atoms with van der Waals surface area (Å²) in [6.07, 6.45) is 0.721. The van der Waals surface area contributed by atoms with Crippen LogP contribution >= 0.6 is 11.6 Å². The first-order valence-electron chi connectivity index (χ1n) is 8.74. The lowest BCUT2D eigenvalue weighted by atomic mass is 9.90. The Balaban J connectivity index is 1.79. The molecule has 0 fully saturated rings. The fraction of sp³-hybridized carbons (Fsp3) is 0.300. The van der Waals surface area contributed by atoms with Crippen LogP contribution in [0.5, 0.6) is 11.5 Å². The second kappa shape index (κ2) is 6.78. The van der Waals surface area contributed by atoms with E-state index >= 15 is 0 Å². The fourth-order valence-electron chi connectivity index (χ4n) is 3.67. The molecule has 2 aromatic rings. The Morgan fingerprint density at radius 1 is 1.33 bits per heavy atom. The molecule has 0 radical (unpaired) electrons. The molecule has 7 heteroatoms. The summed E-state index contributed by atoms with van der Waals surface area (Å²) >= 11 is 6.16. The minimum Gasteiger partial charge on any atom is -0.507 e. The predicted molar refractivity (Wildman–Crippen MR) is 99.6 cm³/mol. The molecule has 0 aliphatic carbocycles. The summed E-state index contributed by atoms with van der Waals surface area (Å²) in [5.74, 6) is -0.901. The summed E-state index contributed by atoms with van der Waals surface area (Å²) in [6.45, 7) is 2.31. The van der Waals surface area contributed by atoms with E-state index in [9.17, 15) is 14.7 Å². The number of fused-ring (bicyclic) bond motifs is 2. The van der Waals surface area contributed by atoms with Crippen LogP contribution in [-0.2, 0) is 20.7 Å². The van der Waals surface area contributed by atoms with E-state index in [0.717, 1.165) is 12.0 Å². The highest BCUT2D eigenvalue weighted by molar-refractivity contribution is 6.31. The predicted octanol–water partition coefficient (Wildman–Crippen LogP) is 3.02. The zero-order chi connectivity index (χ0) is 19.1. The van der Waals surface area contributed by atoms with Gasteiger partial charge in [0.25, 0.3) is 0 Å². The molecule has 2 aliphatic rings. The lowest BCUT2D eigenvalue weighted by molar-refractivity contribution is -0.142. The molecule has 0 bridgehead atoms. The van der Waals surface area contributed by atoms with E-state index in [1.54, 1.807) is 37.3 Å². The number of phenols is 1. The van der Waals surface area contributed by atoms with Gasteiger partial charge in [0.15, 0.2) is 0 Å². The molecule has 140 valence electrons. The number of anilines is 1. The SMILES string of the molecule is CCOC(=O)CN1C(=O)C(c2cc3c(cc2O)OCC3)c2cc(Cl)ccc21. The first kappa shape index (κ1) is 17.7. The molecule has 1 unspecified atom stereocenters. The van der Waals surface area contributed by atoms with Crippen molar-refractivity contribution in [1.29, 1.82) is 0 Å². The van der Waals surface area contributed by atoms with Crippen molar-refractivity contribution in [3.8, 4) is 11.5 Å². The molecular weight excluding hydrogens is 370 g/mol. The van der Waals surface area contributed by atoms with Crippen molar-refractivity contribution >= 4 is 29.2 Å². The summed E-state index contributed by atoms with van der Waals surface area (Å²) in [5.41, 5.74) is 2.69. The van der Waals surface area contributed by atoms with Gasteiger partial charge in [-0.3, -0.25) is 9.59 Å². The van der Waals surface area contributed by atoms with Gasteiger partial charge in [-0.15, -0.1) is 0 Å². The molecule has 0 saturated heterocycles. The van der Waals surface area contributed by atoms with Crippen LogP contribution in [0.3, 0.4) is 0 Å². The van der Waals surface area contributed by atoms with Crippen molar-refractivity contribution in [3.05, 3.63) is 52.0 Å². The highest BCUT2D eigenvalue weighted by atomic mass is 35.5. The van der Waals surface area contributed by atoms with Crippen LogP contribution < -0.4 is 9.64 Å². The second-order valence-electron chi connectivity index (χ2n) is 6.48. The van der Waals surface area contributed by atoms with Gasteiger partial charge in [0.05, 0.1) is 19.1 Å². The molecule has 2 heterocycles. The van der Waals surface area contributed by atoms with Crippen molar-refractivity contribution in [2.45, 2.75) is 19.3 Å². The average molecular weight is 388 g/mol. The maximum absolute atomic E-state index is 13.2. The number of rotatable bonds is 4. The lowest BCUT2D eigenvalue weighted by Crippen LogP contribution is -2.35. The second-order valence-corrected chi connectivity index (χ2v) is 6.92. The molecular formula is C20H18ClNO5. The van der Waals surface area contributed by atoms with E-state index in [2.05, 4.69) is 0 Å². The van der Waals surface area contributed by atoms with Crippen molar-refractivity contribution in [1.82, 2.24) is 0 Å². The molecule has 1 amide bonds. The summed E-state index contributed by atoms with van der Waals surface area (Å²) in [6, 6.07) is 8.43. The number of hydrogen-bond acceptors (Lipinski definition) is 5. The minimum atomic E-state index is -0.737. The minimum absolute atomic E-state index is 0.0158. The van der Waals surface area contributed by atoms with Crippen molar-refractivity contribution in [3.63, 3.8) is 0 Å². The van der Waals surface area contributed by atoms with Crippen molar-refractivity contribution in [2.75, 3.05) is 24.7 Å². The number of benzene rings is 2.